The summed E-state index contributed by atoms with van der Waals surface area (Å²) in [5, 5.41) is 5.64. The number of Topliss-reactive ketones (excluding diaryl/α,β-unsaturated/α-hetero) is 1. The van der Waals surface area contributed by atoms with E-state index in [0.717, 1.165) is 6.07 Å². The van der Waals surface area contributed by atoms with Gasteiger partial charge in [-0.1, -0.05) is 30.3 Å². The highest BCUT2D eigenvalue weighted by molar-refractivity contribution is 6.26. The van der Waals surface area contributed by atoms with Gasteiger partial charge in [0.15, 0.2) is 5.78 Å². The van der Waals surface area contributed by atoms with Crippen molar-refractivity contribution in [3.8, 4) is 0 Å². The van der Waals surface area contributed by atoms with Gasteiger partial charge in [-0.05, 0) is 23.8 Å². The second-order valence-electron chi connectivity index (χ2n) is 5.54. The quantitative estimate of drug-likeness (QED) is 0.831. The number of carbonyl (C=O) groups excluding carboxylic acids is 1. The highest BCUT2D eigenvalue weighted by atomic mass is 19.4. The van der Waals surface area contributed by atoms with E-state index >= 15 is 0 Å². The molecule has 0 saturated heterocycles. The van der Waals surface area contributed by atoms with Crippen LogP contribution in [0.1, 0.15) is 22.7 Å². The van der Waals surface area contributed by atoms with Gasteiger partial charge in [0.1, 0.15) is 17.7 Å². The summed E-state index contributed by atoms with van der Waals surface area (Å²) in [4.78, 5) is 12.8. The molecule has 7 heteroatoms. The van der Waals surface area contributed by atoms with Crippen LogP contribution in [0.2, 0.25) is 0 Å². The highest BCUT2D eigenvalue weighted by Crippen LogP contribution is 2.36. The van der Waals surface area contributed by atoms with Crippen LogP contribution < -0.4 is 10.6 Å². The van der Waals surface area contributed by atoms with Crippen molar-refractivity contribution >= 4 is 11.4 Å². The fourth-order valence-electron chi connectivity index (χ4n) is 2.79. The molecule has 2 aromatic rings. The van der Waals surface area contributed by atoms with Gasteiger partial charge in [-0.25, -0.2) is 4.39 Å². The lowest BCUT2D eigenvalue weighted by Gasteiger charge is -2.12. The van der Waals surface area contributed by atoms with Crippen molar-refractivity contribution in [1.29, 1.82) is 0 Å². The lowest BCUT2D eigenvalue weighted by molar-refractivity contribution is -0.137. The molecular formula is C18H14F4N2O. The van der Waals surface area contributed by atoms with Crippen molar-refractivity contribution in [1.82, 2.24) is 10.6 Å². The fourth-order valence-corrected chi connectivity index (χ4v) is 2.79. The van der Waals surface area contributed by atoms with Gasteiger partial charge in [-0.15, -0.1) is 0 Å². The first-order chi connectivity index (χ1) is 11.8. The largest absolute Gasteiger partial charge is 0.416 e. The Morgan fingerprint density at radius 1 is 1.08 bits per heavy atom. The molecule has 1 heterocycles. The maximum absolute atomic E-state index is 14.2. The van der Waals surface area contributed by atoms with Crippen LogP contribution >= 0.6 is 0 Å². The van der Waals surface area contributed by atoms with Crippen LogP contribution in [0.5, 0.6) is 0 Å². The summed E-state index contributed by atoms with van der Waals surface area (Å²) in [5.74, 6) is -1.19. The van der Waals surface area contributed by atoms with Crippen LogP contribution in [-0.2, 0) is 11.0 Å². The SMILES string of the molecule is CNC1=C(c2cc(C(F)(F)F)ccc2F)C(=O)C(c2ccccc2)N1. The third-order valence-corrected chi connectivity index (χ3v) is 3.99. The number of hydrogen-bond donors (Lipinski definition) is 2. The summed E-state index contributed by atoms with van der Waals surface area (Å²) < 4.78 is 53.1. The van der Waals surface area contributed by atoms with Crippen molar-refractivity contribution in [3.05, 3.63) is 76.9 Å². The first-order valence-electron chi connectivity index (χ1n) is 7.47. The smallest absolute Gasteiger partial charge is 0.374 e. The van der Waals surface area contributed by atoms with Crippen LogP contribution in [-0.4, -0.2) is 12.8 Å². The number of rotatable bonds is 3. The molecule has 1 aliphatic rings. The summed E-state index contributed by atoms with van der Waals surface area (Å²) in [6.07, 6.45) is -4.63. The molecule has 3 nitrogen and oxygen atoms in total. The zero-order valence-electron chi connectivity index (χ0n) is 13.1. The predicted molar refractivity (Wildman–Crippen MR) is 84.7 cm³/mol. The van der Waals surface area contributed by atoms with Crippen molar-refractivity contribution in [2.24, 2.45) is 0 Å². The summed E-state index contributed by atoms with van der Waals surface area (Å²) in [6, 6.07) is 9.95. The average Bonchev–Trinajstić information content (AvgIpc) is 2.91. The standard InChI is InChI=1S/C18H14F4N2O/c1-23-17-14(12-9-11(18(20,21)22)7-8-13(12)19)16(25)15(24-17)10-5-3-2-4-6-10/h2-9,15,23-24H,1H3. The van der Waals surface area contributed by atoms with Crippen LogP contribution in [0.15, 0.2) is 54.4 Å². The topological polar surface area (TPSA) is 41.1 Å². The molecule has 0 bridgehead atoms. The minimum absolute atomic E-state index is 0.125. The van der Waals surface area contributed by atoms with Gasteiger partial charge in [-0.2, -0.15) is 13.2 Å². The van der Waals surface area contributed by atoms with E-state index < -0.39 is 29.4 Å². The third-order valence-electron chi connectivity index (χ3n) is 3.99. The number of carbonyl (C=O) groups is 1. The monoisotopic (exact) mass is 350 g/mol. The molecule has 0 radical (unpaired) electrons. The average molecular weight is 350 g/mol. The van der Waals surface area contributed by atoms with E-state index in [1.165, 1.54) is 7.05 Å². The van der Waals surface area contributed by atoms with E-state index in [1.807, 2.05) is 0 Å². The van der Waals surface area contributed by atoms with Crippen LogP contribution in [0.4, 0.5) is 17.6 Å². The molecule has 0 spiro atoms. The first-order valence-corrected chi connectivity index (χ1v) is 7.47. The number of benzene rings is 2. The Balaban J connectivity index is 2.08. The molecule has 0 amide bonds. The van der Waals surface area contributed by atoms with Gasteiger partial charge < -0.3 is 10.6 Å². The van der Waals surface area contributed by atoms with Gasteiger partial charge in [0.2, 0.25) is 0 Å². The Hall–Kier alpha value is -2.83. The maximum Gasteiger partial charge on any atom is 0.416 e. The zero-order valence-corrected chi connectivity index (χ0v) is 13.1. The molecule has 2 N–H and O–H groups in total. The van der Waals surface area contributed by atoms with Crippen molar-refractivity contribution in [2.45, 2.75) is 12.2 Å². The zero-order chi connectivity index (χ0) is 18.2. The number of halogens is 4. The van der Waals surface area contributed by atoms with Gasteiger partial charge in [0, 0.05) is 12.6 Å². The summed E-state index contributed by atoms with van der Waals surface area (Å²) >= 11 is 0. The Kier molecular flexibility index (Phi) is 4.24. The molecule has 1 atom stereocenters. The second kappa shape index (κ2) is 6.23. The van der Waals surface area contributed by atoms with Crippen molar-refractivity contribution < 1.29 is 22.4 Å². The number of alkyl halides is 3. The van der Waals surface area contributed by atoms with E-state index in [9.17, 15) is 22.4 Å². The van der Waals surface area contributed by atoms with Crippen LogP contribution in [0, 0.1) is 5.82 Å². The van der Waals surface area contributed by atoms with E-state index in [-0.39, 0.29) is 17.0 Å². The van der Waals surface area contributed by atoms with Crippen LogP contribution in [0.3, 0.4) is 0 Å². The second-order valence-corrected chi connectivity index (χ2v) is 5.54. The third kappa shape index (κ3) is 3.09. The minimum Gasteiger partial charge on any atom is -0.374 e. The molecule has 0 saturated carbocycles. The first kappa shape index (κ1) is 17.0. The Bertz CT molecular complexity index is 844. The maximum atomic E-state index is 14.2. The predicted octanol–water partition coefficient (Wildman–Crippen LogP) is 3.65. The fraction of sp³-hybridized carbons (Fsp3) is 0.167. The number of ketones is 1. The van der Waals surface area contributed by atoms with E-state index in [2.05, 4.69) is 10.6 Å². The number of nitrogens with one attached hydrogen (secondary N) is 2. The lowest BCUT2D eigenvalue weighted by Crippen LogP contribution is -2.24. The molecule has 3 rings (SSSR count). The van der Waals surface area contributed by atoms with E-state index in [1.54, 1.807) is 30.3 Å². The molecule has 0 fully saturated rings. The molecule has 1 unspecified atom stereocenters. The molecule has 2 aromatic carbocycles. The summed E-state index contributed by atoms with van der Waals surface area (Å²) in [7, 11) is 1.51. The molecular weight excluding hydrogens is 336 g/mol. The Morgan fingerprint density at radius 3 is 2.36 bits per heavy atom. The lowest BCUT2D eigenvalue weighted by atomic mass is 9.95. The molecule has 0 aromatic heterocycles. The van der Waals surface area contributed by atoms with Gasteiger partial charge in [0.05, 0.1) is 11.1 Å². The molecule has 0 aliphatic carbocycles. The van der Waals surface area contributed by atoms with E-state index in [0.29, 0.717) is 17.7 Å². The summed E-state index contributed by atoms with van der Waals surface area (Å²) in [5.41, 5.74) is -0.875. The van der Waals surface area contributed by atoms with Crippen molar-refractivity contribution in [2.75, 3.05) is 7.05 Å². The van der Waals surface area contributed by atoms with Gasteiger partial charge in [0.25, 0.3) is 0 Å². The Labute approximate surface area is 141 Å². The minimum atomic E-state index is -4.63. The molecule has 130 valence electrons. The van der Waals surface area contributed by atoms with E-state index in [4.69, 9.17) is 0 Å². The molecule has 25 heavy (non-hydrogen) atoms. The number of hydrogen-bond acceptors (Lipinski definition) is 3. The molecule has 1 aliphatic heterocycles. The van der Waals surface area contributed by atoms with Gasteiger partial charge >= 0.3 is 6.18 Å². The highest BCUT2D eigenvalue weighted by Gasteiger charge is 2.37. The van der Waals surface area contributed by atoms with Crippen LogP contribution in [0.25, 0.3) is 5.57 Å². The van der Waals surface area contributed by atoms with Crippen molar-refractivity contribution in [3.63, 3.8) is 0 Å². The normalized spacial score (nSPS) is 17.6. The Morgan fingerprint density at radius 2 is 1.76 bits per heavy atom. The van der Waals surface area contributed by atoms with Gasteiger partial charge in [-0.3, -0.25) is 4.79 Å². The summed E-state index contributed by atoms with van der Waals surface area (Å²) in [6.45, 7) is 0.